The summed E-state index contributed by atoms with van der Waals surface area (Å²) >= 11 is 2.45. The number of halogens is 2. The van der Waals surface area contributed by atoms with E-state index in [1.54, 1.807) is 25.1 Å². The van der Waals surface area contributed by atoms with Crippen LogP contribution in [0.5, 0.6) is 23.0 Å². The molecule has 0 radical (unpaired) electrons. The van der Waals surface area contributed by atoms with Gasteiger partial charge in [0.25, 0.3) is 0 Å². The van der Waals surface area contributed by atoms with Gasteiger partial charge in [0.05, 0.1) is 44.1 Å². The number of carboxylic acid groups (broad SMARTS) is 2. The lowest BCUT2D eigenvalue weighted by Gasteiger charge is -2.31. The molecular formula is C32H32F2O9S2. The van der Waals surface area contributed by atoms with Gasteiger partial charge in [0, 0.05) is 49.5 Å². The third kappa shape index (κ3) is 6.55. The Morgan fingerprint density at radius 2 is 1.42 bits per heavy atom. The van der Waals surface area contributed by atoms with Crippen molar-refractivity contribution >= 4 is 60.6 Å². The Hall–Kier alpha value is -3.97. The molecule has 4 aromatic rings. The van der Waals surface area contributed by atoms with Crippen molar-refractivity contribution in [2.45, 2.75) is 39.0 Å². The average molecular weight is 663 g/mol. The molecule has 1 saturated carbocycles. The van der Waals surface area contributed by atoms with Crippen molar-refractivity contribution in [2.24, 2.45) is 17.8 Å². The molecule has 3 atom stereocenters. The highest BCUT2D eigenvalue weighted by molar-refractivity contribution is 7.21. The van der Waals surface area contributed by atoms with E-state index in [4.69, 9.17) is 24.1 Å². The Balaban J connectivity index is 1.24. The molecule has 1 aliphatic carbocycles. The number of benzene rings is 2. The number of hydrogen-bond acceptors (Lipinski definition) is 9. The highest BCUT2D eigenvalue weighted by atomic mass is 32.1. The van der Waals surface area contributed by atoms with E-state index in [9.17, 15) is 19.5 Å². The van der Waals surface area contributed by atoms with Crippen molar-refractivity contribution in [3.8, 4) is 23.0 Å². The van der Waals surface area contributed by atoms with Gasteiger partial charge in [0.15, 0.2) is 40.4 Å². The number of carboxylic acids is 2. The van der Waals surface area contributed by atoms with Crippen LogP contribution in [0.25, 0.3) is 20.2 Å². The minimum Gasteiger partial charge on any atom is -0.493 e. The number of ketones is 1. The molecule has 45 heavy (non-hydrogen) atoms. The fraction of sp³-hybridized carbons (Fsp3) is 0.406. The summed E-state index contributed by atoms with van der Waals surface area (Å²) in [5.74, 6) is -5.17. The van der Waals surface area contributed by atoms with Gasteiger partial charge in [-0.05, 0) is 37.8 Å². The van der Waals surface area contributed by atoms with Crippen LogP contribution in [0.15, 0.2) is 24.3 Å². The van der Waals surface area contributed by atoms with Gasteiger partial charge in [-0.15, -0.1) is 22.7 Å². The summed E-state index contributed by atoms with van der Waals surface area (Å²) in [5, 5.41) is 19.0. The van der Waals surface area contributed by atoms with Crippen LogP contribution in [0.1, 0.15) is 47.2 Å². The maximum atomic E-state index is 15.6. The van der Waals surface area contributed by atoms with Gasteiger partial charge in [-0.2, -0.15) is 0 Å². The van der Waals surface area contributed by atoms with E-state index < -0.39 is 41.3 Å². The fourth-order valence-corrected chi connectivity index (χ4v) is 7.44. The van der Waals surface area contributed by atoms with Gasteiger partial charge in [0.1, 0.15) is 0 Å². The number of aryl methyl sites for hydroxylation is 1. The lowest BCUT2D eigenvalue weighted by atomic mass is 9.71. The monoisotopic (exact) mass is 662 g/mol. The van der Waals surface area contributed by atoms with Crippen molar-refractivity contribution in [1.82, 2.24) is 0 Å². The second kappa shape index (κ2) is 13.6. The smallest absolute Gasteiger partial charge is 0.307 e. The minimum absolute atomic E-state index is 0.00756. The summed E-state index contributed by atoms with van der Waals surface area (Å²) in [6.07, 6.45) is 2.12. The molecule has 0 saturated heterocycles. The average Bonchev–Trinajstić information content (AvgIpc) is 3.61. The largest absolute Gasteiger partial charge is 0.493 e. The van der Waals surface area contributed by atoms with Gasteiger partial charge in [0.2, 0.25) is 0 Å². The van der Waals surface area contributed by atoms with Crippen LogP contribution in [0.2, 0.25) is 0 Å². The van der Waals surface area contributed by atoms with Gasteiger partial charge < -0.3 is 29.2 Å². The third-order valence-corrected chi connectivity index (χ3v) is 10.3. The summed E-state index contributed by atoms with van der Waals surface area (Å²) in [4.78, 5) is 36.6. The first-order chi connectivity index (χ1) is 21.5. The third-order valence-electron chi connectivity index (χ3n) is 8.05. The Bertz CT molecular complexity index is 1760. The van der Waals surface area contributed by atoms with Crippen LogP contribution in [0, 0.1) is 29.4 Å². The van der Waals surface area contributed by atoms with E-state index in [1.807, 2.05) is 0 Å². The standard InChI is InChI=1S/C32H32F2O9S2/c1-15(31(36)37)5-6-16-11-19-23(44-16)13-21(40-2)29(26(19)33)42-9-4-10-43-30-22(41-3)14-24-20(27(30)34)12-25(45-24)28(35)17-7-8-18(17)32(38)39/h11-15,17-18H,4-10H2,1-3H3,(H,36,37)(H,38,39)/t15-,17+,18+/m0/s1. The maximum absolute atomic E-state index is 15.6. The summed E-state index contributed by atoms with van der Waals surface area (Å²) in [6.45, 7) is 1.67. The lowest BCUT2D eigenvalue weighted by Crippen LogP contribution is -2.37. The van der Waals surface area contributed by atoms with E-state index in [2.05, 4.69) is 0 Å². The predicted molar refractivity (Wildman–Crippen MR) is 166 cm³/mol. The van der Waals surface area contributed by atoms with E-state index in [-0.39, 0.29) is 58.7 Å². The first kappa shape index (κ1) is 32.4. The Morgan fingerprint density at radius 3 is 1.93 bits per heavy atom. The summed E-state index contributed by atoms with van der Waals surface area (Å²) in [5.41, 5.74) is 0. The molecule has 2 aromatic heterocycles. The molecule has 2 aromatic carbocycles. The molecule has 9 nitrogen and oxygen atoms in total. The molecular weight excluding hydrogens is 630 g/mol. The Morgan fingerprint density at radius 1 is 0.867 bits per heavy atom. The second-order valence-electron chi connectivity index (χ2n) is 10.9. The number of rotatable bonds is 15. The zero-order valence-electron chi connectivity index (χ0n) is 24.8. The van der Waals surface area contributed by atoms with Crippen molar-refractivity contribution in [1.29, 1.82) is 0 Å². The molecule has 0 spiro atoms. The Labute approximate surface area is 265 Å². The maximum Gasteiger partial charge on any atom is 0.307 e. The van der Waals surface area contributed by atoms with Gasteiger partial charge in [-0.25, -0.2) is 8.78 Å². The van der Waals surface area contributed by atoms with Crippen molar-refractivity contribution < 1.29 is 52.3 Å². The van der Waals surface area contributed by atoms with Crippen LogP contribution in [0.4, 0.5) is 8.78 Å². The molecule has 0 bridgehead atoms. The van der Waals surface area contributed by atoms with Crippen molar-refractivity contribution in [3.05, 3.63) is 45.7 Å². The van der Waals surface area contributed by atoms with Crippen molar-refractivity contribution in [2.75, 3.05) is 27.4 Å². The van der Waals surface area contributed by atoms with Gasteiger partial charge in [-0.1, -0.05) is 6.92 Å². The van der Waals surface area contributed by atoms with Crippen LogP contribution in [-0.2, 0) is 16.0 Å². The number of Topliss-reactive ketones (excluding diaryl/α,β-unsaturated/α-hetero) is 1. The number of carbonyl (C=O) groups is 3. The first-order valence-corrected chi connectivity index (χ1v) is 16.0. The van der Waals surface area contributed by atoms with E-state index in [0.29, 0.717) is 40.5 Å². The highest BCUT2D eigenvalue weighted by Crippen LogP contribution is 2.44. The molecule has 2 heterocycles. The number of ether oxygens (including phenoxy) is 4. The summed E-state index contributed by atoms with van der Waals surface area (Å²) in [6, 6.07) is 6.39. The number of carbonyl (C=O) groups excluding carboxylic acids is 1. The minimum atomic E-state index is -1.00. The van der Waals surface area contributed by atoms with E-state index in [0.717, 1.165) is 16.2 Å². The van der Waals surface area contributed by atoms with Crippen LogP contribution in [0.3, 0.4) is 0 Å². The fourth-order valence-electron chi connectivity index (χ4n) is 5.25. The number of hydrogen-bond donors (Lipinski definition) is 2. The molecule has 5 rings (SSSR count). The quantitative estimate of drug-likeness (QED) is 0.100. The molecule has 1 aliphatic rings. The van der Waals surface area contributed by atoms with E-state index >= 15 is 8.78 Å². The molecule has 13 heteroatoms. The number of thiophene rings is 2. The number of aliphatic carboxylic acids is 2. The van der Waals surface area contributed by atoms with Crippen LogP contribution >= 0.6 is 22.7 Å². The van der Waals surface area contributed by atoms with E-state index in [1.165, 1.54) is 31.6 Å². The molecule has 240 valence electrons. The molecule has 0 unspecified atom stereocenters. The first-order valence-electron chi connectivity index (χ1n) is 14.4. The molecule has 1 fully saturated rings. The van der Waals surface area contributed by atoms with Gasteiger partial charge in [-0.3, -0.25) is 14.4 Å². The zero-order valence-corrected chi connectivity index (χ0v) is 26.4. The lowest BCUT2D eigenvalue weighted by molar-refractivity contribution is -0.146. The second-order valence-corrected chi connectivity index (χ2v) is 13.2. The summed E-state index contributed by atoms with van der Waals surface area (Å²) in [7, 11) is 2.78. The molecule has 2 N–H and O–H groups in total. The predicted octanol–water partition coefficient (Wildman–Crippen LogP) is 7.21. The highest BCUT2D eigenvalue weighted by Gasteiger charge is 2.42. The number of fused-ring (bicyclic) bond motifs is 2. The molecule has 0 aliphatic heterocycles. The zero-order chi connectivity index (χ0) is 32.4. The van der Waals surface area contributed by atoms with Crippen LogP contribution in [-0.4, -0.2) is 55.4 Å². The van der Waals surface area contributed by atoms with Crippen LogP contribution < -0.4 is 18.9 Å². The topological polar surface area (TPSA) is 129 Å². The van der Waals surface area contributed by atoms with Crippen molar-refractivity contribution in [3.63, 3.8) is 0 Å². The normalized spacial score (nSPS) is 16.7. The summed E-state index contributed by atoms with van der Waals surface area (Å²) < 4.78 is 54.4. The van der Waals surface area contributed by atoms with Gasteiger partial charge >= 0.3 is 11.9 Å². The molecule has 0 amide bonds. The number of methoxy groups -OCH3 is 2. The Kier molecular flexibility index (Phi) is 9.78. The SMILES string of the molecule is COc1cc2sc(CC[C@H](C)C(=O)O)cc2c(F)c1OCCCOc1c(OC)cc2sc(C(=O)[C@@H]3CC[C@H]3C(=O)O)cc2c1F.